The first-order valence-electron chi connectivity index (χ1n) is 8.22. The van der Waals surface area contributed by atoms with Gasteiger partial charge in [-0.25, -0.2) is 0 Å². The molecule has 1 N–H and O–H groups in total. The third-order valence-electron chi connectivity index (χ3n) is 3.90. The van der Waals surface area contributed by atoms with Gasteiger partial charge >= 0.3 is 0 Å². The Hall–Kier alpha value is -1.02. The summed E-state index contributed by atoms with van der Waals surface area (Å²) in [6.07, 6.45) is 5.12. The molecule has 0 heterocycles. The molecule has 0 fully saturated rings. The van der Waals surface area contributed by atoms with Crippen LogP contribution in [0.25, 0.3) is 0 Å². The maximum Gasteiger partial charge on any atom is 0.119 e. The lowest BCUT2D eigenvalue weighted by atomic mass is 9.87. The number of hydrogen-bond acceptors (Lipinski definition) is 2. The maximum absolute atomic E-state index is 5.53. The Kier molecular flexibility index (Phi) is 8.36. The average Bonchev–Trinajstić information content (AvgIpc) is 2.48. The van der Waals surface area contributed by atoms with Crippen LogP contribution >= 0.6 is 0 Å². The van der Waals surface area contributed by atoms with Crippen molar-refractivity contribution in [3.63, 3.8) is 0 Å². The van der Waals surface area contributed by atoms with Crippen LogP contribution < -0.4 is 10.1 Å². The minimum atomic E-state index is 0.465. The van der Waals surface area contributed by atoms with E-state index in [0.717, 1.165) is 18.9 Å². The van der Waals surface area contributed by atoms with Crippen molar-refractivity contribution in [2.45, 2.75) is 59.4 Å². The predicted octanol–water partition coefficient (Wildman–Crippen LogP) is 4.95. The Bertz CT molecular complexity index is 347. The third kappa shape index (κ3) is 5.16. The van der Waals surface area contributed by atoms with Gasteiger partial charge in [-0.2, -0.15) is 0 Å². The number of unbranched alkanes of at least 4 members (excludes halogenated alkanes) is 1. The zero-order chi connectivity index (χ0) is 14.8. The Morgan fingerprint density at radius 3 is 2.25 bits per heavy atom. The highest BCUT2D eigenvalue weighted by atomic mass is 16.5. The molecule has 2 heteroatoms. The van der Waals surface area contributed by atoms with Gasteiger partial charge in [-0.05, 0) is 43.5 Å². The lowest BCUT2D eigenvalue weighted by molar-refractivity contribution is 0.325. The van der Waals surface area contributed by atoms with E-state index in [2.05, 4.69) is 50.4 Å². The van der Waals surface area contributed by atoms with Gasteiger partial charge in [0, 0.05) is 6.04 Å². The second-order valence-electron chi connectivity index (χ2n) is 5.35. The van der Waals surface area contributed by atoms with Crippen molar-refractivity contribution in [1.29, 1.82) is 0 Å². The molecule has 2 atom stereocenters. The van der Waals surface area contributed by atoms with Gasteiger partial charge in [0.05, 0.1) is 6.61 Å². The van der Waals surface area contributed by atoms with E-state index in [0.29, 0.717) is 12.0 Å². The van der Waals surface area contributed by atoms with Crippen molar-refractivity contribution in [2.24, 2.45) is 5.92 Å². The predicted molar refractivity (Wildman–Crippen MR) is 87.3 cm³/mol. The highest BCUT2D eigenvalue weighted by molar-refractivity contribution is 5.29. The molecular formula is C18H31NO. The second-order valence-corrected chi connectivity index (χ2v) is 5.35. The van der Waals surface area contributed by atoms with Crippen molar-refractivity contribution in [3.8, 4) is 5.75 Å². The van der Waals surface area contributed by atoms with Crippen LogP contribution in [0.2, 0.25) is 0 Å². The summed E-state index contributed by atoms with van der Waals surface area (Å²) < 4.78 is 5.53. The molecule has 0 aromatic heterocycles. The summed E-state index contributed by atoms with van der Waals surface area (Å²) in [5.74, 6) is 1.68. The lowest BCUT2D eigenvalue weighted by Crippen LogP contribution is -2.28. The van der Waals surface area contributed by atoms with Gasteiger partial charge < -0.3 is 10.1 Å². The SMILES string of the molecule is CCCCC(CC)C(NCC)c1ccc(OCC)cc1. The zero-order valence-electron chi connectivity index (χ0n) is 13.6. The Labute approximate surface area is 124 Å². The first-order chi connectivity index (χ1) is 9.76. The molecule has 0 saturated carbocycles. The molecule has 0 saturated heterocycles. The van der Waals surface area contributed by atoms with Crippen LogP contribution in [-0.2, 0) is 0 Å². The topological polar surface area (TPSA) is 21.3 Å². The number of hydrogen-bond donors (Lipinski definition) is 1. The van der Waals surface area contributed by atoms with Crippen molar-refractivity contribution in [2.75, 3.05) is 13.2 Å². The van der Waals surface area contributed by atoms with E-state index in [-0.39, 0.29) is 0 Å². The summed E-state index contributed by atoms with van der Waals surface area (Å²) in [6.45, 7) is 10.5. The van der Waals surface area contributed by atoms with Gasteiger partial charge in [-0.1, -0.05) is 52.2 Å². The maximum atomic E-state index is 5.53. The fourth-order valence-electron chi connectivity index (χ4n) is 2.79. The Balaban J connectivity index is 2.81. The number of rotatable bonds is 10. The number of nitrogens with one attached hydrogen (secondary N) is 1. The second kappa shape index (κ2) is 9.82. The Morgan fingerprint density at radius 2 is 1.75 bits per heavy atom. The number of ether oxygens (including phenoxy) is 1. The fourth-order valence-corrected chi connectivity index (χ4v) is 2.79. The minimum Gasteiger partial charge on any atom is -0.494 e. The number of benzene rings is 1. The van der Waals surface area contributed by atoms with E-state index in [1.165, 1.54) is 31.2 Å². The smallest absolute Gasteiger partial charge is 0.119 e. The molecule has 0 bridgehead atoms. The molecule has 1 rings (SSSR count). The quantitative estimate of drug-likeness (QED) is 0.653. The molecule has 0 aliphatic carbocycles. The van der Waals surface area contributed by atoms with Crippen LogP contribution in [0.3, 0.4) is 0 Å². The summed E-state index contributed by atoms with van der Waals surface area (Å²) in [5.41, 5.74) is 1.39. The van der Waals surface area contributed by atoms with Gasteiger partial charge in [0.1, 0.15) is 5.75 Å². The fraction of sp³-hybridized carbons (Fsp3) is 0.667. The van der Waals surface area contributed by atoms with Crippen LogP contribution in [0.15, 0.2) is 24.3 Å². The molecule has 1 aromatic rings. The summed E-state index contributed by atoms with van der Waals surface area (Å²) in [7, 11) is 0. The highest BCUT2D eigenvalue weighted by Crippen LogP contribution is 2.30. The molecule has 0 aliphatic rings. The van der Waals surface area contributed by atoms with Crippen LogP contribution in [0.4, 0.5) is 0 Å². The first kappa shape index (κ1) is 17.0. The van der Waals surface area contributed by atoms with Gasteiger partial charge in [0.25, 0.3) is 0 Å². The standard InChI is InChI=1S/C18H31NO/c1-5-9-10-15(6-2)18(19-7-3)16-11-13-17(14-12-16)20-8-4/h11-15,18-19H,5-10H2,1-4H3. The van der Waals surface area contributed by atoms with Crippen molar-refractivity contribution in [1.82, 2.24) is 5.32 Å². The van der Waals surface area contributed by atoms with E-state index in [9.17, 15) is 0 Å². The van der Waals surface area contributed by atoms with Crippen LogP contribution in [-0.4, -0.2) is 13.2 Å². The average molecular weight is 277 g/mol. The summed E-state index contributed by atoms with van der Waals surface area (Å²) in [4.78, 5) is 0. The van der Waals surface area contributed by atoms with Crippen molar-refractivity contribution >= 4 is 0 Å². The lowest BCUT2D eigenvalue weighted by Gasteiger charge is -2.27. The molecule has 2 nitrogen and oxygen atoms in total. The van der Waals surface area contributed by atoms with Gasteiger partial charge in [0.15, 0.2) is 0 Å². The van der Waals surface area contributed by atoms with Crippen LogP contribution in [0, 0.1) is 5.92 Å². The third-order valence-corrected chi connectivity index (χ3v) is 3.90. The molecule has 0 spiro atoms. The monoisotopic (exact) mass is 277 g/mol. The van der Waals surface area contributed by atoms with Crippen LogP contribution in [0.1, 0.15) is 65.0 Å². The molecular weight excluding hydrogens is 246 g/mol. The van der Waals surface area contributed by atoms with Gasteiger partial charge in [0.2, 0.25) is 0 Å². The molecule has 20 heavy (non-hydrogen) atoms. The molecule has 0 amide bonds. The molecule has 0 aliphatic heterocycles. The van der Waals surface area contributed by atoms with Gasteiger partial charge in [-0.15, -0.1) is 0 Å². The highest BCUT2D eigenvalue weighted by Gasteiger charge is 2.20. The minimum absolute atomic E-state index is 0.465. The molecule has 114 valence electrons. The normalized spacial score (nSPS) is 14.0. The summed E-state index contributed by atoms with van der Waals surface area (Å²) in [5, 5.41) is 3.67. The van der Waals surface area contributed by atoms with E-state index >= 15 is 0 Å². The van der Waals surface area contributed by atoms with Crippen molar-refractivity contribution in [3.05, 3.63) is 29.8 Å². The molecule has 1 aromatic carbocycles. The van der Waals surface area contributed by atoms with Crippen LogP contribution in [0.5, 0.6) is 5.75 Å². The van der Waals surface area contributed by atoms with Gasteiger partial charge in [-0.3, -0.25) is 0 Å². The van der Waals surface area contributed by atoms with E-state index in [4.69, 9.17) is 4.74 Å². The first-order valence-corrected chi connectivity index (χ1v) is 8.22. The van der Waals surface area contributed by atoms with E-state index in [1.54, 1.807) is 0 Å². The summed E-state index contributed by atoms with van der Waals surface area (Å²) >= 11 is 0. The van der Waals surface area contributed by atoms with Crippen molar-refractivity contribution < 1.29 is 4.74 Å². The van der Waals surface area contributed by atoms with E-state index < -0.39 is 0 Å². The molecule has 2 unspecified atom stereocenters. The summed E-state index contributed by atoms with van der Waals surface area (Å²) in [6, 6.07) is 9.08. The molecule has 0 radical (unpaired) electrons. The Morgan fingerprint density at radius 1 is 1.05 bits per heavy atom. The largest absolute Gasteiger partial charge is 0.494 e. The zero-order valence-corrected chi connectivity index (χ0v) is 13.6. The van der Waals surface area contributed by atoms with E-state index in [1.807, 2.05) is 6.92 Å².